The molecule has 0 bridgehead atoms. The third kappa shape index (κ3) is 3.54. The van der Waals surface area contributed by atoms with Crippen molar-refractivity contribution < 1.29 is 4.74 Å². The van der Waals surface area contributed by atoms with Crippen molar-refractivity contribution in [1.29, 1.82) is 0 Å². The zero-order valence-corrected chi connectivity index (χ0v) is 10.3. The molecule has 1 aromatic heterocycles. The van der Waals surface area contributed by atoms with E-state index in [2.05, 4.69) is 29.1 Å². The van der Waals surface area contributed by atoms with Crippen LogP contribution < -0.4 is 5.32 Å². The molecule has 90 valence electrons. The highest BCUT2D eigenvalue weighted by atomic mass is 16.5. The Bertz CT molecular complexity index is 279. The van der Waals surface area contributed by atoms with E-state index in [0.717, 1.165) is 24.9 Å². The minimum Gasteiger partial charge on any atom is -0.379 e. The molecule has 0 spiro atoms. The molecule has 1 aromatic rings. The maximum atomic E-state index is 5.54. The summed E-state index contributed by atoms with van der Waals surface area (Å²) >= 11 is 0. The quantitative estimate of drug-likeness (QED) is 0.767. The number of nitrogens with one attached hydrogen (secondary N) is 1. The Balaban J connectivity index is 2.80. The van der Waals surface area contributed by atoms with Crippen LogP contribution in [0.4, 0.5) is 0 Å². The predicted molar refractivity (Wildman–Crippen MR) is 64.2 cm³/mol. The van der Waals surface area contributed by atoms with Crippen molar-refractivity contribution >= 4 is 0 Å². The first kappa shape index (κ1) is 13.1. The van der Waals surface area contributed by atoms with Crippen molar-refractivity contribution in [3.05, 3.63) is 24.3 Å². The number of aromatic nitrogens is 2. The van der Waals surface area contributed by atoms with Gasteiger partial charge in [-0.1, -0.05) is 20.3 Å². The average Bonchev–Trinajstić information content (AvgIpc) is 2.35. The van der Waals surface area contributed by atoms with Crippen LogP contribution in [0.15, 0.2) is 18.7 Å². The first-order chi connectivity index (χ1) is 7.83. The Kier molecular flexibility index (Phi) is 5.96. The van der Waals surface area contributed by atoms with Gasteiger partial charge in [0, 0.05) is 25.1 Å². The third-order valence-electron chi connectivity index (χ3n) is 2.61. The maximum Gasteiger partial charge on any atom is 0.115 e. The predicted octanol–water partition coefficient (Wildman–Crippen LogP) is 1.94. The fraction of sp³-hybridized carbons (Fsp3) is 0.667. The molecule has 2 atom stereocenters. The van der Waals surface area contributed by atoms with Gasteiger partial charge in [-0.2, -0.15) is 0 Å². The van der Waals surface area contributed by atoms with Gasteiger partial charge in [0.05, 0.1) is 12.1 Å². The molecule has 16 heavy (non-hydrogen) atoms. The van der Waals surface area contributed by atoms with Gasteiger partial charge in [0.1, 0.15) is 6.33 Å². The van der Waals surface area contributed by atoms with Crippen LogP contribution in [0.5, 0.6) is 0 Å². The van der Waals surface area contributed by atoms with E-state index in [9.17, 15) is 0 Å². The summed E-state index contributed by atoms with van der Waals surface area (Å²) in [5.74, 6) is 0. The molecule has 0 saturated heterocycles. The van der Waals surface area contributed by atoms with Crippen LogP contribution in [-0.2, 0) is 4.74 Å². The molecule has 0 radical (unpaired) electrons. The molecule has 1 heterocycles. The van der Waals surface area contributed by atoms with Gasteiger partial charge in [-0.15, -0.1) is 0 Å². The molecule has 0 aromatic carbocycles. The van der Waals surface area contributed by atoms with E-state index in [-0.39, 0.29) is 12.1 Å². The normalized spacial score (nSPS) is 14.7. The van der Waals surface area contributed by atoms with Gasteiger partial charge in [0.2, 0.25) is 0 Å². The molecular formula is C12H21N3O. The van der Waals surface area contributed by atoms with Gasteiger partial charge in [-0.25, -0.2) is 9.97 Å². The second-order valence-corrected chi connectivity index (χ2v) is 3.77. The minimum absolute atomic E-state index is 0.177. The molecule has 1 N–H and O–H groups in total. The second kappa shape index (κ2) is 7.30. The highest BCUT2D eigenvalue weighted by molar-refractivity contribution is 5.11. The number of nitrogens with zero attached hydrogens (tertiary/aromatic N) is 2. The molecule has 4 heteroatoms. The fourth-order valence-electron chi connectivity index (χ4n) is 1.86. The zero-order chi connectivity index (χ0) is 11.8. The van der Waals surface area contributed by atoms with Crippen LogP contribution >= 0.6 is 0 Å². The van der Waals surface area contributed by atoms with Gasteiger partial charge in [-0.3, -0.25) is 0 Å². The molecule has 0 aliphatic heterocycles. The lowest BCUT2D eigenvalue weighted by Gasteiger charge is -2.26. The topological polar surface area (TPSA) is 47.0 Å². The van der Waals surface area contributed by atoms with E-state index in [4.69, 9.17) is 4.74 Å². The molecule has 0 aliphatic rings. The van der Waals surface area contributed by atoms with Crippen LogP contribution in [0.3, 0.4) is 0 Å². The maximum absolute atomic E-state index is 5.54. The van der Waals surface area contributed by atoms with Crippen LogP contribution in [0, 0.1) is 0 Å². The Morgan fingerprint density at radius 2 is 2.00 bits per heavy atom. The summed E-state index contributed by atoms with van der Waals surface area (Å²) in [4.78, 5) is 8.12. The van der Waals surface area contributed by atoms with Crippen LogP contribution in [-0.4, -0.2) is 29.7 Å². The molecule has 1 rings (SSSR count). The molecule has 0 fully saturated rings. The van der Waals surface area contributed by atoms with Crippen molar-refractivity contribution in [2.75, 3.05) is 13.7 Å². The lowest BCUT2D eigenvalue weighted by molar-refractivity contribution is 0.0609. The molecular weight excluding hydrogens is 202 g/mol. The van der Waals surface area contributed by atoms with Gasteiger partial charge in [0.15, 0.2) is 0 Å². The summed E-state index contributed by atoms with van der Waals surface area (Å²) in [5.41, 5.74) is 1.09. The largest absolute Gasteiger partial charge is 0.379 e. The summed E-state index contributed by atoms with van der Waals surface area (Å²) in [6, 6.07) is 0.177. The van der Waals surface area contributed by atoms with Gasteiger partial charge < -0.3 is 10.1 Å². The second-order valence-electron chi connectivity index (χ2n) is 3.77. The molecule has 4 nitrogen and oxygen atoms in total. The monoisotopic (exact) mass is 223 g/mol. The van der Waals surface area contributed by atoms with Crippen molar-refractivity contribution in [1.82, 2.24) is 15.3 Å². The number of hydrogen-bond acceptors (Lipinski definition) is 4. The average molecular weight is 223 g/mol. The number of rotatable bonds is 7. The number of hydrogen-bond donors (Lipinski definition) is 1. The lowest BCUT2D eigenvalue weighted by Crippen LogP contribution is -2.33. The van der Waals surface area contributed by atoms with E-state index in [0.29, 0.717) is 0 Å². The van der Waals surface area contributed by atoms with Crippen LogP contribution in [0.1, 0.15) is 38.3 Å². The van der Waals surface area contributed by atoms with E-state index >= 15 is 0 Å². The Labute approximate surface area is 97.5 Å². The number of likely N-dealkylation sites (N-methyl/N-ethyl adjacent to an activating group) is 1. The summed E-state index contributed by atoms with van der Waals surface area (Å²) in [7, 11) is 1.76. The Morgan fingerprint density at radius 1 is 1.31 bits per heavy atom. The van der Waals surface area contributed by atoms with Crippen LogP contribution in [0.2, 0.25) is 0 Å². The summed E-state index contributed by atoms with van der Waals surface area (Å²) in [6.45, 7) is 5.16. The van der Waals surface area contributed by atoms with Crippen LogP contribution in [0.25, 0.3) is 0 Å². The zero-order valence-electron chi connectivity index (χ0n) is 10.3. The highest BCUT2D eigenvalue weighted by Gasteiger charge is 2.21. The van der Waals surface area contributed by atoms with E-state index < -0.39 is 0 Å². The first-order valence-electron chi connectivity index (χ1n) is 5.84. The van der Waals surface area contributed by atoms with E-state index in [1.54, 1.807) is 13.4 Å². The third-order valence-corrected chi connectivity index (χ3v) is 2.61. The molecule has 0 aliphatic carbocycles. The van der Waals surface area contributed by atoms with Gasteiger partial charge in [0.25, 0.3) is 0 Å². The Hall–Kier alpha value is -1.00. The molecule has 2 unspecified atom stereocenters. The highest BCUT2D eigenvalue weighted by Crippen LogP contribution is 2.20. The SMILES string of the molecule is CCCC(OC)C(NCC)c1cncnc1. The van der Waals surface area contributed by atoms with E-state index in [1.165, 1.54) is 0 Å². The summed E-state index contributed by atoms with van der Waals surface area (Å²) < 4.78 is 5.54. The summed E-state index contributed by atoms with van der Waals surface area (Å²) in [6.07, 6.45) is 7.56. The molecule has 0 amide bonds. The number of ether oxygens (including phenoxy) is 1. The van der Waals surface area contributed by atoms with Crippen molar-refractivity contribution in [3.63, 3.8) is 0 Å². The van der Waals surface area contributed by atoms with Gasteiger partial charge in [-0.05, 0) is 13.0 Å². The van der Waals surface area contributed by atoms with Crippen molar-refractivity contribution in [2.45, 2.75) is 38.8 Å². The van der Waals surface area contributed by atoms with Crippen molar-refractivity contribution in [2.24, 2.45) is 0 Å². The minimum atomic E-state index is 0.177. The smallest absolute Gasteiger partial charge is 0.115 e. The number of methoxy groups -OCH3 is 1. The Morgan fingerprint density at radius 3 is 2.50 bits per heavy atom. The van der Waals surface area contributed by atoms with E-state index in [1.807, 2.05) is 12.4 Å². The lowest BCUT2D eigenvalue weighted by atomic mass is 10.0. The van der Waals surface area contributed by atoms with Gasteiger partial charge >= 0.3 is 0 Å². The standard InChI is InChI=1S/C12H21N3O/c1-4-6-11(16-3)12(15-5-2)10-7-13-9-14-8-10/h7-9,11-12,15H,4-6H2,1-3H3. The first-order valence-corrected chi connectivity index (χ1v) is 5.84. The summed E-state index contributed by atoms with van der Waals surface area (Å²) in [5, 5.41) is 3.43. The fourth-order valence-corrected chi connectivity index (χ4v) is 1.86. The molecule has 0 saturated carbocycles. The van der Waals surface area contributed by atoms with Crippen molar-refractivity contribution in [3.8, 4) is 0 Å².